The molecule has 0 heterocycles. The third-order valence-electron chi connectivity index (χ3n) is 6.12. The van der Waals surface area contributed by atoms with Gasteiger partial charge in [-0.05, 0) is 43.2 Å². The van der Waals surface area contributed by atoms with E-state index in [0.717, 1.165) is 19.3 Å². The number of nitrogens with one attached hydrogen (secondary N) is 1. The third kappa shape index (κ3) is 4.09. The fourth-order valence-corrected chi connectivity index (χ4v) is 5.17. The Hall–Kier alpha value is -2.37. The lowest BCUT2D eigenvalue weighted by Crippen LogP contribution is -2.37. The first-order valence-electron chi connectivity index (χ1n) is 9.95. The van der Waals surface area contributed by atoms with Gasteiger partial charge in [-0.2, -0.15) is 0 Å². The number of halogens is 2. The number of esters is 1. The minimum atomic E-state index is -0.512. The fraction of sp³-hybridized carbons (Fsp3) is 0.348. The molecule has 7 heteroatoms. The number of anilines is 1. The van der Waals surface area contributed by atoms with Crippen molar-refractivity contribution in [1.29, 1.82) is 0 Å². The Kier molecular flexibility index (Phi) is 6.11. The molecule has 30 heavy (non-hydrogen) atoms. The molecule has 1 N–H and O–H groups in total. The second-order valence-corrected chi connectivity index (χ2v) is 8.66. The second kappa shape index (κ2) is 8.78. The predicted molar refractivity (Wildman–Crippen MR) is 115 cm³/mol. The number of hydrogen-bond acceptors (Lipinski definition) is 4. The molecule has 4 rings (SSSR count). The zero-order chi connectivity index (χ0) is 21.3. The number of ketones is 1. The maximum absolute atomic E-state index is 13.1. The van der Waals surface area contributed by atoms with Crippen LogP contribution in [-0.4, -0.2) is 24.3 Å². The van der Waals surface area contributed by atoms with E-state index >= 15 is 0 Å². The largest absolute Gasteiger partial charge is 0.455 e. The van der Waals surface area contributed by atoms with Gasteiger partial charge in [-0.3, -0.25) is 14.4 Å². The minimum Gasteiger partial charge on any atom is -0.455 e. The topological polar surface area (TPSA) is 72.5 Å². The zero-order valence-corrected chi connectivity index (χ0v) is 17.7. The summed E-state index contributed by atoms with van der Waals surface area (Å²) in [6, 6.07) is 13.9. The molecule has 2 aliphatic carbocycles. The van der Waals surface area contributed by atoms with Gasteiger partial charge < -0.3 is 10.1 Å². The molecule has 2 aromatic carbocycles. The first-order valence-corrected chi connectivity index (χ1v) is 10.7. The molecule has 2 bridgehead atoms. The molecule has 5 nitrogen and oxygen atoms in total. The van der Waals surface area contributed by atoms with Gasteiger partial charge in [0.25, 0.3) is 5.91 Å². The average Bonchev–Trinajstić information content (AvgIpc) is 3.37. The minimum absolute atomic E-state index is 0.0140. The van der Waals surface area contributed by atoms with E-state index in [2.05, 4.69) is 5.32 Å². The van der Waals surface area contributed by atoms with Gasteiger partial charge in [0.05, 0.1) is 21.7 Å². The molecule has 0 aromatic heterocycles. The lowest BCUT2D eigenvalue weighted by molar-refractivity contribution is -0.154. The van der Waals surface area contributed by atoms with Crippen LogP contribution in [0.2, 0.25) is 10.0 Å². The van der Waals surface area contributed by atoms with Gasteiger partial charge in [-0.1, -0.05) is 59.6 Å². The molecule has 0 saturated heterocycles. The van der Waals surface area contributed by atoms with Crippen molar-refractivity contribution in [1.82, 2.24) is 0 Å². The van der Waals surface area contributed by atoms with E-state index in [9.17, 15) is 14.4 Å². The quantitative estimate of drug-likeness (QED) is 0.500. The molecule has 0 aliphatic heterocycles. The normalized spacial score (nSPS) is 24.5. The van der Waals surface area contributed by atoms with Crippen molar-refractivity contribution in [2.75, 3.05) is 11.9 Å². The van der Waals surface area contributed by atoms with Gasteiger partial charge in [0.1, 0.15) is 0 Å². The van der Waals surface area contributed by atoms with E-state index in [-0.39, 0.29) is 28.6 Å². The van der Waals surface area contributed by atoms with Gasteiger partial charge in [-0.15, -0.1) is 0 Å². The molecule has 1 amide bonds. The molecule has 0 spiro atoms. The summed E-state index contributed by atoms with van der Waals surface area (Å²) in [5.41, 5.74) is 0.962. The Morgan fingerprint density at radius 2 is 1.63 bits per heavy atom. The summed E-state index contributed by atoms with van der Waals surface area (Å²) in [5.74, 6) is -1.57. The summed E-state index contributed by atoms with van der Waals surface area (Å²) >= 11 is 12.0. The van der Waals surface area contributed by atoms with Crippen LogP contribution in [0.25, 0.3) is 0 Å². The molecule has 2 fully saturated rings. The molecule has 2 saturated carbocycles. The van der Waals surface area contributed by atoms with Crippen molar-refractivity contribution in [3.63, 3.8) is 0 Å². The Bertz CT molecular complexity index is 978. The average molecular weight is 446 g/mol. The summed E-state index contributed by atoms with van der Waals surface area (Å²) in [6.45, 7) is -0.443. The first kappa shape index (κ1) is 20.9. The Morgan fingerprint density at radius 1 is 0.933 bits per heavy atom. The number of carbonyl (C=O) groups is 3. The number of fused-ring (bicyclic) bond motifs is 2. The molecule has 156 valence electrons. The number of hydrogen-bond donors (Lipinski definition) is 1. The number of amides is 1. The van der Waals surface area contributed by atoms with Crippen molar-refractivity contribution >= 4 is 46.5 Å². The van der Waals surface area contributed by atoms with Crippen LogP contribution in [-0.2, 0) is 14.3 Å². The van der Waals surface area contributed by atoms with Crippen molar-refractivity contribution in [3.05, 3.63) is 64.1 Å². The molecule has 0 unspecified atom stereocenters. The van der Waals surface area contributed by atoms with Crippen LogP contribution in [0.4, 0.5) is 5.69 Å². The van der Waals surface area contributed by atoms with E-state index in [1.54, 1.807) is 30.3 Å². The Labute approximate surface area is 184 Å². The molecule has 2 aliphatic rings. The SMILES string of the molecule is O=C(COC(=O)[C@H]1[C@H]2CC[C@@H](C2)[C@@H]1C(=O)c1ccccc1)Nc1cccc(Cl)c1Cl. The highest BCUT2D eigenvalue weighted by atomic mass is 35.5. The van der Waals surface area contributed by atoms with Crippen LogP contribution in [0, 0.1) is 23.7 Å². The zero-order valence-electron chi connectivity index (χ0n) is 16.1. The fourth-order valence-electron chi connectivity index (χ4n) is 4.82. The summed E-state index contributed by atoms with van der Waals surface area (Å²) < 4.78 is 5.32. The Balaban J connectivity index is 1.41. The summed E-state index contributed by atoms with van der Waals surface area (Å²) in [7, 11) is 0. The summed E-state index contributed by atoms with van der Waals surface area (Å²) in [4.78, 5) is 38.2. The maximum atomic E-state index is 13.1. The van der Waals surface area contributed by atoms with Crippen LogP contribution in [0.15, 0.2) is 48.5 Å². The molecule has 2 aromatic rings. The van der Waals surface area contributed by atoms with Gasteiger partial charge in [0.15, 0.2) is 12.4 Å². The van der Waals surface area contributed by atoms with Gasteiger partial charge in [0.2, 0.25) is 0 Å². The number of rotatable bonds is 6. The number of ether oxygens (including phenoxy) is 1. The van der Waals surface area contributed by atoms with Crippen LogP contribution in [0.1, 0.15) is 29.6 Å². The molecule has 4 atom stereocenters. The van der Waals surface area contributed by atoms with Crippen LogP contribution in [0.5, 0.6) is 0 Å². The highest BCUT2D eigenvalue weighted by Gasteiger charge is 2.54. The van der Waals surface area contributed by atoms with Crippen molar-refractivity contribution < 1.29 is 19.1 Å². The first-order chi connectivity index (χ1) is 14.5. The standard InChI is InChI=1S/C23H21Cl2NO4/c24-16-7-4-8-17(21(16)25)26-18(27)12-30-23(29)20-15-10-9-14(11-15)19(20)22(28)13-5-2-1-3-6-13/h1-8,14-15,19-20H,9-12H2,(H,26,27)/t14-,15-,19-,20-/m0/s1. The van der Waals surface area contributed by atoms with Crippen molar-refractivity contribution in [2.45, 2.75) is 19.3 Å². The molecular weight excluding hydrogens is 425 g/mol. The van der Waals surface area contributed by atoms with Crippen LogP contribution < -0.4 is 5.32 Å². The number of benzene rings is 2. The van der Waals surface area contributed by atoms with Gasteiger partial charge in [0, 0.05) is 11.5 Å². The highest BCUT2D eigenvalue weighted by molar-refractivity contribution is 6.44. The smallest absolute Gasteiger partial charge is 0.310 e. The lowest BCUT2D eigenvalue weighted by atomic mass is 9.75. The predicted octanol–water partition coefficient (Wildman–Crippen LogP) is 5.02. The molecular formula is C23H21Cl2NO4. The van der Waals surface area contributed by atoms with E-state index in [4.69, 9.17) is 27.9 Å². The maximum Gasteiger partial charge on any atom is 0.310 e. The van der Waals surface area contributed by atoms with E-state index < -0.39 is 24.4 Å². The highest BCUT2D eigenvalue weighted by Crippen LogP contribution is 2.53. The number of Topliss-reactive ketones (excluding diaryl/α,β-unsaturated/α-hetero) is 1. The van der Waals surface area contributed by atoms with E-state index in [1.165, 1.54) is 0 Å². The summed E-state index contributed by atoms with van der Waals surface area (Å²) in [5, 5.41) is 3.13. The lowest BCUT2D eigenvalue weighted by Gasteiger charge is -2.28. The van der Waals surface area contributed by atoms with E-state index in [1.807, 2.05) is 18.2 Å². The third-order valence-corrected chi connectivity index (χ3v) is 6.94. The van der Waals surface area contributed by atoms with Gasteiger partial charge in [-0.25, -0.2) is 0 Å². The molecule has 0 radical (unpaired) electrons. The van der Waals surface area contributed by atoms with Crippen molar-refractivity contribution in [3.8, 4) is 0 Å². The van der Waals surface area contributed by atoms with E-state index in [0.29, 0.717) is 16.3 Å². The Morgan fingerprint density at radius 3 is 2.37 bits per heavy atom. The van der Waals surface area contributed by atoms with Gasteiger partial charge >= 0.3 is 5.97 Å². The number of carbonyl (C=O) groups excluding carboxylic acids is 3. The monoisotopic (exact) mass is 445 g/mol. The van der Waals surface area contributed by atoms with Crippen LogP contribution in [0.3, 0.4) is 0 Å². The second-order valence-electron chi connectivity index (χ2n) is 7.87. The summed E-state index contributed by atoms with van der Waals surface area (Å²) in [6.07, 6.45) is 2.71. The van der Waals surface area contributed by atoms with Crippen molar-refractivity contribution in [2.24, 2.45) is 23.7 Å². The van der Waals surface area contributed by atoms with Crippen LogP contribution >= 0.6 is 23.2 Å².